The predicted octanol–water partition coefficient (Wildman–Crippen LogP) is 3.13. The number of rotatable bonds is 2. The van der Waals surface area contributed by atoms with E-state index in [4.69, 9.17) is 0 Å². The average Bonchev–Trinajstić information content (AvgIpc) is 2.70. The van der Waals surface area contributed by atoms with Crippen molar-refractivity contribution in [3.63, 3.8) is 0 Å². The van der Waals surface area contributed by atoms with E-state index in [1.165, 1.54) is 31.5 Å². The summed E-state index contributed by atoms with van der Waals surface area (Å²) < 4.78 is 0. The molecule has 1 aromatic rings. The van der Waals surface area contributed by atoms with Crippen molar-refractivity contribution in [3.8, 4) is 0 Å². The van der Waals surface area contributed by atoms with Crippen LogP contribution in [0.1, 0.15) is 31.4 Å². The molecule has 1 nitrogen and oxygen atoms in total. The van der Waals surface area contributed by atoms with Crippen LogP contribution < -0.4 is 0 Å². The zero-order valence-corrected chi connectivity index (χ0v) is 9.50. The minimum Gasteiger partial charge on any atom is -0.297 e. The van der Waals surface area contributed by atoms with Crippen LogP contribution >= 0.6 is 12.6 Å². The van der Waals surface area contributed by atoms with E-state index in [9.17, 15) is 0 Å². The van der Waals surface area contributed by atoms with Crippen LogP contribution in [-0.4, -0.2) is 18.0 Å². The maximum absolute atomic E-state index is 4.50. The highest BCUT2D eigenvalue weighted by Crippen LogP contribution is 2.28. The molecule has 76 valence electrons. The molecule has 2 rings (SSSR count). The Labute approximate surface area is 91.5 Å². The Morgan fingerprint density at radius 2 is 1.86 bits per heavy atom. The monoisotopic (exact) mass is 207 g/mol. The van der Waals surface area contributed by atoms with E-state index in [0.717, 1.165) is 4.90 Å². The summed E-state index contributed by atoms with van der Waals surface area (Å²) >= 11 is 4.50. The maximum Gasteiger partial charge on any atom is 0.0330 e. The molecule has 0 bridgehead atoms. The third-order valence-electron chi connectivity index (χ3n) is 3.08. The van der Waals surface area contributed by atoms with Gasteiger partial charge in [0.05, 0.1) is 0 Å². The van der Waals surface area contributed by atoms with Crippen molar-refractivity contribution < 1.29 is 0 Å². The lowest BCUT2D eigenvalue weighted by molar-refractivity contribution is 0.260. The van der Waals surface area contributed by atoms with Crippen molar-refractivity contribution in [2.24, 2.45) is 0 Å². The van der Waals surface area contributed by atoms with Gasteiger partial charge < -0.3 is 0 Å². The molecule has 1 aliphatic heterocycles. The van der Waals surface area contributed by atoms with Gasteiger partial charge >= 0.3 is 0 Å². The number of likely N-dealkylation sites (tertiary alicyclic amines) is 1. The fourth-order valence-electron chi connectivity index (χ4n) is 2.17. The average molecular weight is 207 g/mol. The zero-order chi connectivity index (χ0) is 9.97. The minimum absolute atomic E-state index is 0.520. The molecular weight excluding hydrogens is 190 g/mol. The Morgan fingerprint density at radius 1 is 1.21 bits per heavy atom. The fourth-order valence-corrected chi connectivity index (χ4v) is 2.51. The number of benzene rings is 1. The van der Waals surface area contributed by atoms with Crippen LogP contribution in [0.2, 0.25) is 0 Å². The number of thiol groups is 1. The quantitative estimate of drug-likeness (QED) is 0.729. The number of nitrogens with zero attached hydrogens (tertiary/aromatic N) is 1. The molecule has 2 heteroatoms. The number of hydrogen-bond donors (Lipinski definition) is 1. The first-order valence-electron chi connectivity index (χ1n) is 5.31. The fraction of sp³-hybridized carbons (Fsp3) is 0.500. The lowest BCUT2D eigenvalue weighted by Crippen LogP contribution is -2.23. The van der Waals surface area contributed by atoms with E-state index in [0.29, 0.717) is 6.04 Å². The molecule has 1 fully saturated rings. The van der Waals surface area contributed by atoms with Gasteiger partial charge in [-0.05, 0) is 44.5 Å². The van der Waals surface area contributed by atoms with E-state index in [2.05, 4.69) is 42.7 Å². The molecule has 0 aromatic heterocycles. The predicted molar refractivity (Wildman–Crippen MR) is 62.9 cm³/mol. The highest BCUT2D eigenvalue weighted by Gasteiger charge is 2.20. The minimum atomic E-state index is 0.520. The van der Waals surface area contributed by atoms with Gasteiger partial charge in [0, 0.05) is 10.9 Å². The summed E-state index contributed by atoms with van der Waals surface area (Å²) in [6.45, 7) is 4.76. The molecule has 0 aliphatic carbocycles. The Balaban J connectivity index is 2.17. The Kier molecular flexibility index (Phi) is 3.14. The third kappa shape index (κ3) is 1.96. The summed E-state index contributed by atoms with van der Waals surface area (Å²) in [5, 5.41) is 0. The summed E-state index contributed by atoms with van der Waals surface area (Å²) in [6.07, 6.45) is 2.69. The first-order chi connectivity index (χ1) is 6.79. The molecule has 0 saturated carbocycles. The van der Waals surface area contributed by atoms with Gasteiger partial charge in [0.2, 0.25) is 0 Å². The highest BCUT2D eigenvalue weighted by molar-refractivity contribution is 7.80. The molecule has 1 aromatic carbocycles. The van der Waals surface area contributed by atoms with E-state index in [1.807, 2.05) is 6.07 Å². The van der Waals surface area contributed by atoms with Crippen LogP contribution in [0.15, 0.2) is 29.2 Å². The molecule has 1 saturated heterocycles. The summed E-state index contributed by atoms with van der Waals surface area (Å²) in [4.78, 5) is 3.65. The van der Waals surface area contributed by atoms with Crippen molar-refractivity contribution in [1.82, 2.24) is 4.90 Å². The van der Waals surface area contributed by atoms with E-state index in [1.54, 1.807) is 0 Å². The molecule has 0 unspecified atom stereocenters. The summed E-state index contributed by atoms with van der Waals surface area (Å²) in [6, 6.07) is 8.92. The van der Waals surface area contributed by atoms with Gasteiger partial charge in [-0.1, -0.05) is 18.2 Å². The van der Waals surface area contributed by atoms with Crippen LogP contribution in [0.5, 0.6) is 0 Å². The van der Waals surface area contributed by atoms with Crippen molar-refractivity contribution in [1.29, 1.82) is 0 Å². The van der Waals surface area contributed by atoms with Crippen LogP contribution in [0, 0.1) is 0 Å². The highest BCUT2D eigenvalue weighted by atomic mass is 32.1. The first kappa shape index (κ1) is 10.1. The van der Waals surface area contributed by atoms with Crippen LogP contribution in [0.25, 0.3) is 0 Å². The Bertz CT molecular complexity index is 305. The van der Waals surface area contributed by atoms with Gasteiger partial charge in [0.15, 0.2) is 0 Å². The second-order valence-electron chi connectivity index (χ2n) is 3.98. The van der Waals surface area contributed by atoms with Crippen LogP contribution in [-0.2, 0) is 0 Å². The summed E-state index contributed by atoms with van der Waals surface area (Å²) in [5.74, 6) is 0. The molecule has 1 atom stereocenters. The van der Waals surface area contributed by atoms with Gasteiger partial charge in [-0.3, -0.25) is 4.90 Å². The molecule has 1 aliphatic rings. The van der Waals surface area contributed by atoms with Crippen molar-refractivity contribution in [2.45, 2.75) is 30.7 Å². The van der Waals surface area contributed by atoms with Crippen LogP contribution in [0.4, 0.5) is 0 Å². The van der Waals surface area contributed by atoms with E-state index >= 15 is 0 Å². The molecule has 0 amide bonds. The Morgan fingerprint density at radius 3 is 2.50 bits per heavy atom. The zero-order valence-electron chi connectivity index (χ0n) is 8.61. The largest absolute Gasteiger partial charge is 0.297 e. The lowest BCUT2D eigenvalue weighted by atomic mass is 10.1. The molecular formula is C12H17NS. The SMILES string of the molecule is C[C@H](c1ccccc1S)N1CCCC1. The van der Waals surface area contributed by atoms with Gasteiger partial charge in [0.1, 0.15) is 0 Å². The second kappa shape index (κ2) is 4.37. The van der Waals surface area contributed by atoms with Crippen molar-refractivity contribution >= 4 is 12.6 Å². The topological polar surface area (TPSA) is 3.24 Å². The summed E-state index contributed by atoms with van der Waals surface area (Å²) in [7, 11) is 0. The van der Waals surface area contributed by atoms with Gasteiger partial charge in [-0.15, -0.1) is 12.6 Å². The normalized spacial score (nSPS) is 19.9. The van der Waals surface area contributed by atoms with Gasteiger partial charge in [0.25, 0.3) is 0 Å². The molecule has 14 heavy (non-hydrogen) atoms. The smallest absolute Gasteiger partial charge is 0.0330 e. The first-order valence-corrected chi connectivity index (χ1v) is 5.75. The van der Waals surface area contributed by atoms with Crippen LogP contribution in [0.3, 0.4) is 0 Å². The van der Waals surface area contributed by atoms with E-state index < -0.39 is 0 Å². The lowest BCUT2D eigenvalue weighted by Gasteiger charge is -2.25. The number of hydrogen-bond acceptors (Lipinski definition) is 2. The maximum atomic E-state index is 4.50. The van der Waals surface area contributed by atoms with Gasteiger partial charge in [-0.25, -0.2) is 0 Å². The second-order valence-corrected chi connectivity index (χ2v) is 4.46. The molecule has 0 radical (unpaired) electrons. The Hall–Kier alpha value is -0.470. The molecule has 0 spiro atoms. The third-order valence-corrected chi connectivity index (χ3v) is 3.48. The summed E-state index contributed by atoms with van der Waals surface area (Å²) in [5.41, 5.74) is 1.36. The van der Waals surface area contributed by atoms with Gasteiger partial charge in [-0.2, -0.15) is 0 Å². The van der Waals surface area contributed by atoms with Crippen molar-refractivity contribution in [3.05, 3.63) is 29.8 Å². The molecule has 1 heterocycles. The molecule has 0 N–H and O–H groups in total. The van der Waals surface area contributed by atoms with Crippen molar-refractivity contribution in [2.75, 3.05) is 13.1 Å². The standard InChI is InChI=1S/C12H17NS/c1-10(13-8-4-5-9-13)11-6-2-3-7-12(11)14/h2-3,6-7,10,14H,4-5,8-9H2,1H3/t10-/m1/s1. The van der Waals surface area contributed by atoms with E-state index in [-0.39, 0.29) is 0 Å².